The molecule has 9 heteroatoms. The van der Waals surface area contributed by atoms with Crippen LogP contribution in [0.1, 0.15) is 11.3 Å². The second kappa shape index (κ2) is 9.13. The summed E-state index contributed by atoms with van der Waals surface area (Å²) in [5.74, 6) is 0.789. The third kappa shape index (κ3) is 5.28. The van der Waals surface area contributed by atoms with E-state index in [0.717, 1.165) is 11.1 Å². The molecule has 1 amide bonds. The van der Waals surface area contributed by atoms with Crippen molar-refractivity contribution < 1.29 is 9.18 Å². The molecule has 0 atom stereocenters. The molecule has 1 aromatic carbocycles. The smallest absolute Gasteiger partial charge is 0.244 e. The molecule has 8 nitrogen and oxygen atoms in total. The Kier molecular flexibility index (Phi) is 6.38. The van der Waals surface area contributed by atoms with Crippen molar-refractivity contribution in [1.82, 2.24) is 9.97 Å². The Bertz CT molecular complexity index is 941. The van der Waals surface area contributed by atoms with Crippen LogP contribution in [0.5, 0.6) is 0 Å². The topological polar surface area (TPSA) is 109 Å². The molecule has 0 unspecified atom stereocenters. The minimum Gasteiger partial charge on any atom is -0.404 e. The first-order valence-electron chi connectivity index (χ1n) is 9.25. The standard InChI is InChI=1S/C20H24FN7O/c1-13-18-19(28(2)12-17(29)26-18)27-20(25-13)24-11-15(9-22)10-23-8-7-14-3-5-16(21)6-4-14/h3-6,9-10H,7-8,11-12,22H2,1-2H3,(H,26,29)(H,24,25,27)/b15-9+,23-10?. The number of rotatable bonds is 7. The fraction of sp³-hybridized carbons (Fsp3) is 0.300. The van der Waals surface area contributed by atoms with Crippen LogP contribution >= 0.6 is 0 Å². The SMILES string of the molecule is Cc1nc(NC/C(C=NCCc2ccc(F)cc2)=C/N)nc2c1NC(=O)CN2C. The lowest BCUT2D eigenvalue weighted by Gasteiger charge is -2.27. The zero-order valence-electron chi connectivity index (χ0n) is 16.4. The maximum absolute atomic E-state index is 12.9. The van der Waals surface area contributed by atoms with Crippen LogP contribution in [0.4, 0.5) is 21.8 Å². The molecule has 1 aliphatic rings. The number of hydrogen-bond acceptors (Lipinski definition) is 7. The van der Waals surface area contributed by atoms with Crippen LogP contribution in [0.3, 0.4) is 0 Å². The Hall–Kier alpha value is -3.49. The van der Waals surface area contributed by atoms with Gasteiger partial charge in [-0.3, -0.25) is 9.79 Å². The predicted octanol–water partition coefficient (Wildman–Crippen LogP) is 1.88. The number of aromatic nitrogens is 2. The minimum absolute atomic E-state index is 0.0855. The Morgan fingerprint density at radius 3 is 2.86 bits per heavy atom. The van der Waals surface area contributed by atoms with Gasteiger partial charge < -0.3 is 21.3 Å². The van der Waals surface area contributed by atoms with Gasteiger partial charge in [-0.05, 0) is 31.0 Å². The van der Waals surface area contributed by atoms with E-state index in [1.54, 1.807) is 23.2 Å². The van der Waals surface area contributed by atoms with E-state index in [2.05, 4.69) is 25.6 Å². The van der Waals surface area contributed by atoms with E-state index in [4.69, 9.17) is 5.73 Å². The van der Waals surface area contributed by atoms with E-state index in [0.29, 0.717) is 42.7 Å². The van der Waals surface area contributed by atoms with Crippen molar-refractivity contribution in [2.75, 3.05) is 42.2 Å². The summed E-state index contributed by atoms with van der Waals surface area (Å²) in [5, 5.41) is 5.95. The number of nitrogens with one attached hydrogen (secondary N) is 2. The van der Waals surface area contributed by atoms with Crippen LogP contribution in [0.25, 0.3) is 0 Å². The summed E-state index contributed by atoms with van der Waals surface area (Å²) in [4.78, 5) is 26.7. The molecule has 1 aliphatic heterocycles. The third-order valence-corrected chi connectivity index (χ3v) is 4.44. The van der Waals surface area contributed by atoms with Crippen LogP contribution in [0, 0.1) is 12.7 Å². The Morgan fingerprint density at radius 2 is 2.14 bits per heavy atom. The van der Waals surface area contributed by atoms with Crippen molar-refractivity contribution in [3.8, 4) is 0 Å². The van der Waals surface area contributed by atoms with E-state index in [-0.39, 0.29) is 18.3 Å². The van der Waals surface area contributed by atoms with E-state index in [1.807, 2.05) is 14.0 Å². The summed E-state index contributed by atoms with van der Waals surface area (Å²) in [6, 6.07) is 6.39. The van der Waals surface area contributed by atoms with Crippen molar-refractivity contribution >= 4 is 29.6 Å². The highest BCUT2D eigenvalue weighted by Crippen LogP contribution is 2.29. The Balaban J connectivity index is 1.56. The molecule has 29 heavy (non-hydrogen) atoms. The number of amides is 1. The highest BCUT2D eigenvalue weighted by Gasteiger charge is 2.23. The van der Waals surface area contributed by atoms with Crippen molar-refractivity contribution in [3.05, 3.63) is 53.1 Å². The molecule has 0 saturated carbocycles. The summed E-state index contributed by atoms with van der Waals surface area (Å²) >= 11 is 0. The highest BCUT2D eigenvalue weighted by atomic mass is 19.1. The number of nitrogens with two attached hydrogens (primary N) is 1. The number of hydrogen-bond donors (Lipinski definition) is 3. The molecule has 1 aromatic heterocycles. The normalized spacial score (nSPS) is 14.1. The number of likely N-dealkylation sites (N-methyl/N-ethyl adjacent to an activating group) is 1. The van der Waals surface area contributed by atoms with Gasteiger partial charge in [-0.2, -0.15) is 4.98 Å². The number of aliphatic imine (C=N–C) groups is 1. The second-order valence-electron chi connectivity index (χ2n) is 6.74. The summed E-state index contributed by atoms with van der Waals surface area (Å²) in [5.41, 5.74) is 8.81. The van der Waals surface area contributed by atoms with Crippen LogP contribution in [-0.2, 0) is 11.2 Å². The number of carbonyl (C=O) groups excluding carboxylic acids is 1. The van der Waals surface area contributed by atoms with Gasteiger partial charge in [0.05, 0.1) is 12.2 Å². The second-order valence-corrected chi connectivity index (χ2v) is 6.74. The van der Waals surface area contributed by atoms with Crippen LogP contribution < -0.4 is 21.3 Å². The van der Waals surface area contributed by atoms with Crippen molar-refractivity contribution in [3.63, 3.8) is 0 Å². The van der Waals surface area contributed by atoms with Gasteiger partial charge in [-0.1, -0.05) is 12.1 Å². The largest absolute Gasteiger partial charge is 0.404 e. The molecule has 3 rings (SSSR count). The molecule has 0 bridgehead atoms. The molecular formula is C20H24FN7O. The molecule has 0 aliphatic carbocycles. The predicted molar refractivity (Wildman–Crippen MR) is 113 cm³/mol. The summed E-state index contributed by atoms with van der Waals surface area (Å²) < 4.78 is 12.9. The van der Waals surface area contributed by atoms with E-state index in [9.17, 15) is 9.18 Å². The number of fused-ring (bicyclic) bond motifs is 1. The Morgan fingerprint density at radius 1 is 1.38 bits per heavy atom. The fourth-order valence-corrected chi connectivity index (χ4v) is 2.88. The Labute approximate surface area is 168 Å². The molecule has 152 valence electrons. The molecule has 0 radical (unpaired) electrons. The first kappa shape index (κ1) is 20.2. The number of benzene rings is 1. The van der Waals surface area contributed by atoms with Crippen molar-refractivity contribution in [1.29, 1.82) is 0 Å². The molecule has 0 spiro atoms. The first-order chi connectivity index (χ1) is 14.0. The lowest BCUT2D eigenvalue weighted by Crippen LogP contribution is -2.36. The lowest BCUT2D eigenvalue weighted by atomic mass is 10.1. The zero-order valence-corrected chi connectivity index (χ0v) is 16.4. The molecular weight excluding hydrogens is 373 g/mol. The van der Waals surface area contributed by atoms with Gasteiger partial charge in [-0.15, -0.1) is 0 Å². The highest BCUT2D eigenvalue weighted by molar-refractivity contribution is 6.00. The van der Waals surface area contributed by atoms with Gasteiger partial charge in [0.15, 0.2) is 5.82 Å². The zero-order chi connectivity index (χ0) is 20.8. The molecule has 0 fully saturated rings. The van der Waals surface area contributed by atoms with Crippen molar-refractivity contribution in [2.45, 2.75) is 13.3 Å². The average Bonchev–Trinajstić information content (AvgIpc) is 2.69. The van der Waals surface area contributed by atoms with Crippen LogP contribution in [-0.4, -0.2) is 48.8 Å². The lowest BCUT2D eigenvalue weighted by molar-refractivity contribution is -0.115. The minimum atomic E-state index is -0.245. The summed E-state index contributed by atoms with van der Waals surface area (Å²) in [6.45, 7) is 3.05. The van der Waals surface area contributed by atoms with E-state index >= 15 is 0 Å². The maximum atomic E-state index is 12.9. The number of nitrogens with zero attached hydrogens (tertiary/aromatic N) is 4. The van der Waals surface area contributed by atoms with Gasteiger partial charge in [0, 0.05) is 38.1 Å². The average molecular weight is 397 g/mol. The van der Waals surface area contributed by atoms with E-state index in [1.165, 1.54) is 18.3 Å². The third-order valence-electron chi connectivity index (χ3n) is 4.44. The van der Waals surface area contributed by atoms with Gasteiger partial charge in [0.1, 0.15) is 11.5 Å². The molecule has 2 aromatic rings. The quantitative estimate of drug-likeness (QED) is 0.616. The monoisotopic (exact) mass is 397 g/mol. The summed E-state index contributed by atoms with van der Waals surface area (Å²) in [7, 11) is 1.81. The maximum Gasteiger partial charge on any atom is 0.244 e. The fourth-order valence-electron chi connectivity index (χ4n) is 2.88. The first-order valence-corrected chi connectivity index (χ1v) is 9.25. The van der Waals surface area contributed by atoms with Crippen molar-refractivity contribution in [2.24, 2.45) is 10.7 Å². The molecule has 0 saturated heterocycles. The number of anilines is 3. The molecule has 4 N–H and O–H groups in total. The van der Waals surface area contributed by atoms with Gasteiger partial charge in [0.2, 0.25) is 11.9 Å². The van der Waals surface area contributed by atoms with Gasteiger partial charge in [-0.25, -0.2) is 9.37 Å². The van der Waals surface area contributed by atoms with Crippen LogP contribution in [0.2, 0.25) is 0 Å². The number of aryl methyl sites for hydroxylation is 1. The van der Waals surface area contributed by atoms with Gasteiger partial charge in [0.25, 0.3) is 0 Å². The number of halogens is 1. The van der Waals surface area contributed by atoms with Gasteiger partial charge >= 0.3 is 0 Å². The van der Waals surface area contributed by atoms with Crippen LogP contribution in [0.15, 0.2) is 41.0 Å². The van der Waals surface area contributed by atoms with E-state index < -0.39 is 0 Å². The molecule has 2 heterocycles. The number of carbonyl (C=O) groups is 1. The summed E-state index contributed by atoms with van der Waals surface area (Å²) in [6.07, 6.45) is 3.90.